The molecule has 0 aliphatic rings. The van der Waals surface area contributed by atoms with Gasteiger partial charge in [0, 0.05) is 68.3 Å². The van der Waals surface area contributed by atoms with Gasteiger partial charge in [-0.15, -0.1) is 0 Å². The minimum absolute atomic E-state index is 0. The van der Waals surface area contributed by atoms with Gasteiger partial charge in [-0.3, -0.25) is 19.4 Å². The monoisotopic (exact) mass is 896 g/mol. The summed E-state index contributed by atoms with van der Waals surface area (Å²) in [6.45, 7) is -4.36. The number of carbonyl (C=O) groups excluding carboxylic acids is 4. The molecule has 0 bridgehead atoms. The Labute approximate surface area is 301 Å². The van der Waals surface area contributed by atoms with Crippen LogP contribution in [0.15, 0.2) is 0 Å². The normalized spacial score (nSPS) is 5.61. The van der Waals surface area contributed by atoms with E-state index < -0.39 is 75.1 Å². The fraction of sp³-hybridized carbons (Fsp3) is 0.500. The topological polar surface area (TPSA) is 765 Å². The van der Waals surface area contributed by atoms with Crippen molar-refractivity contribution in [1.82, 2.24) is 9.80 Å². The van der Waals surface area contributed by atoms with E-state index in [1.807, 2.05) is 0 Å². The molecule has 0 atom stereocenters. The molecule has 31 nitrogen and oxygen atoms in total. The van der Waals surface area contributed by atoms with Crippen molar-refractivity contribution in [2.45, 2.75) is 0 Å². The first-order chi connectivity index (χ1) is 11.8. The number of carbonyl (C=O) groups is 6. The number of nitrogens with zero attached hydrogens (tertiary/aromatic N) is 2. The van der Waals surface area contributed by atoms with E-state index in [2.05, 4.69) is 0 Å². The zero-order valence-electron chi connectivity index (χ0n) is 22.8. The second-order valence-electron chi connectivity index (χ2n) is 4.57. The molecule has 0 amide bonds. The second kappa shape index (κ2) is 96.7. The smallest absolute Gasteiger partial charge is 2.00 e. The maximum atomic E-state index is 10.1. The Morgan fingerprint density at radius 3 is 0.565 bits per heavy atom. The Morgan fingerprint density at radius 1 is 0.391 bits per heavy atom. The largest absolute Gasteiger partial charge is 2.00 e. The molecule has 0 radical (unpaired) electrons. The molecule has 34 heteroatoms. The van der Waals surface area contributed by atoms with Crippen molar-refractivity contribution in [3.8, 4) is 0 Å². The van der Waals surface area contributed by atoms with Crippen LogP contribution in [-0.4, -0.2) is 173 Å². The molecule has 0 aromatic heterocycles. The van der Waals surface area contributed by atoms with Crippen LogP contribution in [0.3, 0.4) is 0 Å². The molecule has 0 aliphatic heterocycles. The summed E-state index contributed by atoms with van der Waals surface area (Å²) in [6.07, 6.45) is 0. The average Bonchev–Trinajstić information content (AvgIpc) is 2.33. The molecule has 296 valence electrons. The Bertz CT molecular complexity index is 454. The molecule has 0 aromatic carbocycles. The van der Waals surface area contributed by atoms with Crippen molar-refractivity contribution in [3.63, 3.8) is 0 Å². The van der Waals surface area contributed by atoms with Gasteiger partial charge in [-0.25, -0.2) is 0 Å². The third-order valence-electron chi connectivity index (χ3n) is 2.13. The van der Waals surface area contributed by atoms with Crippen molar-refractivity contribution in [2.75, 3.05) is 39.3 Å². The molecule has 28 N–H and O–H groups in total. The molecular formula is C12H40MgMo2N2O29-10. The summed E-state index contributed by atoms with van der Waals surface area (Å²) in [6, 6.07) is 0. The minimum Gasteiger partial charge on any atom is -2.00 e. The maximum absolute atomic E-state index is 10.1. The molecule has 0 aromatic rings. The Kier molecular flexibility index (Phi) is 352. The van der Waals surface area contributed by atoms with Crippen LogP contribution in [-0.2, 0) is 109 Å². The van der Waals surface area contributed by atoms with Crippen molar-refractivity contribution in [2.24, 2.45) is 0 Å². The van der Waals surface area contributed by atoms with E-state index in [9.17, 15) is 49.2 Å². The first kappa shape index (κ1) is 167. The standard InChI is InChI=1S/2C6H9NO6.Mg.2Mo.12H2O.5O/c2*8-4(9)1-7(2-5(10)11)3-6(12)13;;;;;;;;;;;;;;;;;;;;/h2*1-3H2,(H,8,9)(H,10,11)(H,12,13);;;;12*1H2;;;;;/q;;+2;;;;;;;;;;;;;;;5*-2/p-2. The van der Waals surface area contributed by atoms with Gasteiger partial charge in [-0.05, 0) is 0 Å². The molecular weight excluding hydrogens is 852 g/mol. The van der Waals surface area contributed by atoms with Gasteiger partial charge in [0.25, 0.3) is 0 Å². The molecule has 0 heterocycles. The summed E-state index contributed by atoms with van der Waals surface area (Å²) < 4.78 is 0. The van der Waals surface area contributed by atoms with Crippen LogP contribution in [0.25, 0.3) is 0 Å². The van der Waals surface area contributed by atoms with Crippen LogP contribution in [0, 0.1) is 0 Å². The van der Waals surface area contributed by atoms with Gasteiger partial charge in [0.15, 0.2) is 0 Å². The molecule has 0 fully saturated rings. The molecule has 0 rings (SSSR count). The molecule has 0 saturated carbocycles. The maximum Gasteiger partial charge on any atom is 2.00 e. The van der Waals surface area contributed by atoms with E-state index in [0.717, 1.165) is 0 Å². The van der Waals surface area contributed by atoms with E-state index >= 15 is 0 Å². The Balaban J connectivity index is -0.00000000873. The van der Waals surface area contributed by atoms with Gasteiger partial charge in [0.05, 0.1) is 37.0 Å². The van der Waals surface area contributed by atoms with E-state index in [0.29, 0.717) is 9.80 Å². The number of carboxylic acids is 6. The van der Waals surface area contributed by atoms with Gasteiger partial charge in [-0.1, -0.05) is 0 Å². The third kappa shape index (κ3) is 145. The van der Waals surface area contributed by atoms with Crippen LogP contribution >= 0.6 is 0 Å². The van der Waals surface area contributed by atoms with E-state index in [4.69, 9.17) is 10.2 Å². The van der Waals surface area contributed by atoms with Crippen LogP contribution in [0.4, 0.5) is 0 Å². The van der Waals surface area contributed by atoms with Crippen LogP contribution in [0.5, 0.6) is 0 Å². The summed E-state index contributed by atoms with van der Waals surface area (Å²) in [4.78, 5) is 61.6. The van der Waals surface area contributed by atoms with Gasteiger partial charge in [0.2, 0.25) is 0 Å². The molecule has 0 unspecified atom stereocenters. The van der Waals surface area contributed by atoms with E-state index in [1.165, 1.54) is 0 Å². The van der Waals surface area contributed by atoms with Crippen molar-refractivity contribution >= 4 is 58.9 Å². The van der Waals surface area contributed by atoms with Crippen molar-refractivity contribution in [3.05, 3.63) is 0 Å². The summed E-state index contributed by atoms with van der Waals surface area (Å²) >= 11 is 0. The predicted molar refractivity (Wildman–Crippen MR) is 123 cm³/mol. The quantitative estimate of drug-likeness (QED) is 0.136. The summed E-state index contributed by atoms with van der Waals surface area (Å²) in [5.41, 5.74) is 0. The number of rotatable bonds is 12. The molecule has 0 saturated heterocycles. The second-order valence-corrected chi connectivity index (χ2v) is 4.57. The molecule has 46 heavy (non-hydrogen) atoms. The number of hydrogen-bond acceptors (Lipinski definition) is 12. The van der Waals surface area contributed by atoms with E-state index in [1.54, 1.807) is 0 Å². The van der Waals surface area contributed by atoms with Crippen LogP contribution < -0.4 is 20.4 Å². The number of hydrogen-bond donors (Lipinski definition) is 2. The summed E-state index contributed by atoms with van der Waals surface area (Å²) in [5.74, 6) is -8.79. The summed E-state index contributed by atoms with van der Waals surface area (Å²) in [7, 11) is 0. The van der Waals surface area contributed by atoms with Crippen LogP contribution in [0.1, 0.15) is 0 Å². The zero-order valence-corrected chi connectivity index (χ0v) is 28.3. The van der Waals surface area contributed by atoms with Crippen molar-refractivity contribution < 1.29 is 195 Å². The van der Waals surface area contributed by atoms with Crippen LogP contribution in [0.2, 0.25) is 0 Å². The van der Waals surface area contributed by atoms with Gasteiger partial charge < -0.3 is 143 Å². The molecule has 0 aliphatic carbocycles. The SMILES string of the molecule is O.O.O.O.O.O.O.O.O.O.O=C([O-])CN(CC(=O)[O-])CC(=O)O.O=C([O-])CN(CC(=O)[O-])CC(=O)O.[Mg+2].[Mo].[Mo].[O-2].[O-2].[O-2].[O-2].[O-2].[OH3+].[OH3+]. The Hall–Kier alpha value is -1.80. The first-order valence-electron chi connectivity index (χ1n) is 6.51. The Morgan fingerprint density at radius 2 is 0.500 bits per heavy atom. The number of carboxylic acid groups (broad SMARTS) is 6. The fourth-order valence-electron chi connectivity index (χ4n) is 1.45. The van der Waals surface area contributed by atoms with Gasteiger partial charge >= 0.3 is 35.0 Å². The first-order valence-corrected chi connectivity index (χ1v) is 6.51. The minimum atomic E-state index is -1.54. The van der Waals surface area contributed by atoms with Gasteiger partial charge in [-0.2, -0.15) is 0 Å². The predicted octanol–water partition coefficient (Wildman–Crippen LogP) is -19.3. The zero-order chi connectivity index (χ0) is 20.9. The number of aliphatic carboxylic acids is 6. The third-order valence-corrected chi connectivity index (χ3v) is 2.13. The molecule has 0 spiro atoms. The van der Waals surface area contributed by atoms with Crippen molar-refractivity contribution in [1.29, 1.82) is 0 Å². The summed E-state index contributed by atoms with van der Waals surface area (Å²) in [5, 5.41) is 56.5. The van der Waals surface area contributed by atoms with E-state index in [-0.39, 0.29) is 158 Å². The fourth-order valence-corrected chi connectivity index (χ4v) is 1.45. The average molecular weight is 893 g/mol. The van der Waals surface area contributed by atoms with Gasteiger partial charge in [0.1, 0.15) is 0 Å².